The van der Waals surface area contributed by atoms with E-state index in [1.54, 1.807) is 4.52 Å². The van der Waals surface area contributed by atoms with E-state index in [0.29, 0.717) is 5.82 Å². The number of rotatable bonds is 2. The molecule has 2 N–H and O–H groups in total. The van der Waals surface area contributed by atoms with Crippen molar-refractivity contribution in [1.29, 1.82) is 0 Å². The molecule has 2 aromatic heterocycles. The van der Waals surface area contributed by atoms with Crippen molar-refractivity contribution in [2.24, 2.45) is 0 Å². The Kier molecular flexibility index (Phi) is 3.33. The van der Waals surface area contributed by atoms with Gasteiger partial charge in [-0.25, -0.2) is 9.50 Å². The summed E-state index contributed by atoms with van der Waals surface area (Å²) in [5.41, 5.74) is 7.58. The van der Waals surface area contributed by atoms with Crippen LogP contribution in [0.2, 0.25) is 0 Å². The molecule has 118 valence electrons. The van der Waals surface area contributed by atoms with Gasteiger partial charge < -0.3 is 19.9 Å². The molecule has 0 unspecified atom stereocenters. The third-order valence-electron chi connectivity index (χ3n) is 4.10. The van der Waals surface area contributed by atoms with Crippen LogP contribution in [-0.2, 0) is 14.2 Å². The lowest BCUT2D eigenvalue weighted by Crippen LogP contribution is -2.30. The fourth-order valence-corrected chi connectivity index (χ4v) is 3.94. The highest BCUT2D eigenvalue weighted by molar-refractivity contribution is 14.1. The second-order valence-corrected chi connectivity index (χ2v) is 6.90. The van der Waals surface area contributed by atoms with Crippen LogP contribution in [-0.4, -0.2) is 43.1 Å². The van der Waals surface area contributed by atoms with Gasteiger partial charge in [-0.3, -0.25) is 0 Å². The number of aromatic nitrogens is 3. The van der Waals surface area contributed by atoms with Gasteiger partial charge in [-0.1, -0.05) is 22.6 Å². The molecule has 0 amide bonds. The lowest BCUT2D eigenvalue weighted by atomic mass is 10.1. The molecule has 22 heavy (non-hydrogen) atoms. The molecule has 2 fully saturated rings. The highest BCUT2D eigenvalue weighted by Crippen LogP contribution is 2.45. The molecule has 0 aliphatic carbocycles. The molecule has 4 atom stereocenters. The van der Waals surface area contributed by atoms with E-state index in [9.17, 15) is 0 Å². The molecular formula is C14H17IN4O3. The number of ether oxygens (including phenoxy) is 3. The van der Waals surface area contributed by atoms with E-state index in [1.807, 2.05) is 26.0 Å². The van der Waals surface area contributed by atoms with Gasteiger partial charge in [0.2, 0.25) is 0 Å². The van der Waals surface area contributed by atoms with Gasteiger partial charge in [-0.15, -0.1) is 0 Å². The van der Waals surface area contributed by atoms with E-state index < -0.39 is 5.79 Å². The Morgan fingerprint density at radius 2 is 2.09 bits per heavy atom. The van der Waals surface area contributed by atoms with Crippen LogP contribution in [0.15, 0.2) is 18.5 Å². The number of nitrogens with two attached hydrogens (primary N) is 1. The molecule has 2 aliphatic heterocycles. The zero-order valence-electron chi connectivity index (χ0n) is 12.3. The van der Waals surface area contributed by atoms with Gasteiger partial charge in [0.15, 0.2) is 11.6 Å². The molecule has 4 heterocycles. The van der Waals surface area contributed by atoms with Crippen molar-refractivity contribution in [2.75, 3.05) is 10.2 Å². The van der Waals surface area contributed by atoms with Gasteiger partial charge in [0.25, 0.3) is 0 Å². The van der Waals surface area contributed by atoms with E-state index in [2.05, 4.69) is 32.7 Å². The maximum Gasteiger partial charge on any atom is 0.164 e. The summed E-state index contributed by atoms with van der Waals surface area (Å²) in [5, 5.41) is 4.30. The monoisotopic (exact) mass is 416 g/mol. The van der Waals surface area contributed by atoms with Crippen LogP contribution in [0.25, 0.3) is 5.52 Å². The Labute approximate surface area is 141 Å². The van der Waals surface area contributed by atoms with E-state index in [0.717, 1.165) is 15.6 Å². The van der Waals surface area contributed by atoms with Crippen molar-refractivity contribution in [3.8, 4) is 0 Å². The van der Waals surface area contributed by atoms with E-state index in [1.165, 1.54) is 6.33 Å². The van der Waals surface area contributed by atoms with E-state index in [-0.39, 0.29) is 24.4 Å². The van der Waals surface area contributed by atoms with Crippen molar-refractivity contribution >= 4 is 33.9 Å². The van der Waals surface area contributed by atoms with Crippen molar-refractivity contribution in [1.82, 2.24) is 14.6 Å². The first kappa shape index (κ1) is 14.6. The molecule has 0 spiro atoms. The van der Waals surface area contributed by atoms with Crippen LogP contribution >= 0.6 is 22.6 Å². The molecule has 0 bridgehead atoms. The van der Waals surface area contributed by atoms with Gasteiger partial charge in [-0.05, 0) is 26.0 Å². The summed E-state index contributed by atoms with van der Waals surface area (Å²) in [4.78, 5) is 4.02. The first-order valence-corrected chi connectivity index (χ1v) is 8.68. The molecular weight excluding hydrogens is 399 g/mol. The largest absolute Gasteiger partial charge is 0.382 e. The Balaban J connectivity index is 1.77. The Morgan fingerprint density at radius 1 is 1.32 bits per heavy atom. The van der Waals surface area contributed by atoms with Crippen LogP contribution in [0, 0.1) is 0 Å². The first-order chi connectivity index (χ1) is 10.5. The number of alkyl halides is 1. The number of fused-ring (bicyclic) bond motifs is 2. The number of nitrogen functional groups attached to an aromatic ring is 1. The average molecular weight is 416 g/mol. The minimum Gasteiger partial charge on any atom is -0.382 e. The number of hydrogen-bond acceptors (Lipinski definition) is 6. The molecule has 2 aromatic rings. The third-order valence-corrected chi connectivity index (χ3v) is 4.97. The standard InChI is InChI=1S/C14H17IN4O3/c1-14(2)21-11-9(5-15)20-10(12(11)22-14)7-3-4-8-13(16)17-6-18-19(7)8/h3-4,6,9-12H,5H2,1-2H3,(H2,16,17,18)/t9-,10+,11-,12+/m1/s1. The molecule has 0 saturated carbocycles. The summed E-state index contributed by atoms with van der Waals surface area (Å²) in [7, 11) is 0. The fourth-order valence-electron chi connectivity index (χ4n) is 3.23. The number of halogens is 1. The van der Waals surface area contributed by atoms with Crippen molar-refractivity contribution in [2.45, 2.75) is 44.1 Å². The van der Waals surface area contributed by atoms with Gasteiger partial charge >= 0.3 is 0 Å². The van der Waals surface area contributed by atoms with Gasteiger partial charge in [0.05, 0.1) is 11.8 Å². The van der Waals surface area contributed by atoms with Gasteiger partial charge in [0.1, 0.15) is 30.2 Å². The van der Waals surface area contributed by atoms with Crippen LogP contribution in [0.4, 0.5) is 5.82 Å². The molecule has 8 heteroatoms. The topological polar surface area (TPSA) is 83.9 Å². The zero-order chi connectivity index (χ0) is 15.5. The second-order valence-electron chi connectivity index (χ2n) is 6.01. The fraction of sp³-hybridized carbons (Fsp3) is 0.571. The SMILES string of the molecule is CC1(C)O[C@@H]2[C@H](O1)[C@@H](CI)O[C@H]2c1ccc2c(N)ncnn12. The minimum atomic E-state index is -0.595. The summed E-state index contributed by atoms with van der Waals surface area (Å²) in [5.74, 6) is -0.146. The summed E-state index contributed by atoms with van der Waals surface area (Å²) in [6.45, 7) is 3.87. The van der Waals surface area contributed by atoms with Crippen LogP contribution in [0.5, 0.6) is 0 Å². The molecule has 4 rings (SSSR count). The van der Waals surface area contributed by atoms with E-state index >= 15 is 0 Å². The van der Waals surface area contributed by atoms with Crippen molar-refractivity contribution in [3.63, 3.8) is 0 Å². The van der Waals surface area contributed by atoms with Crippen LogP contribution < -0.4 is 5.73 Å². The molecule has 2 aliphatic rings. The maximum absolute atomic E-state index is 6.18. The zero-order valence-corrected chi connectivity index (χ0v) is 14.4. The lowest BCUT2D eigenvalue weighted by Gasteiger charge is -2.23. The van der Waals surface area contributed by atoms with E-state index in [4.69, 9.17) is 19.9 Å². The van der Waals surface area contributed by atoms with Crippen LogP contribution in [0.1, 0.15) is 25.6 Å². The number of nitrogens with zero attached hydrogens (tertiary/aromatic N) is 3. The molecule has 7 nitrogen and oxygen atoms in total. The lowest BCUT2D eigenvalue weighted by molar-refractivity contribution is -0.185. The smallest absolute Gasteiger partial charge is 0.164 e. The quantitative estimate of drug-likeness (QED) is 0.593. The van der Waals surface area contributed by atoms with Gasteiger partial charge in [0, 0.05) is 4.43 Å². The first-order valence-electron chi connectivity index (χ1n) is 7.15. The van der Waals surface area contributed by atoms with Crippen LogP contribution in [0.3, 0.4) is 0 Å². The second kappa shape index (κ2) is 5.02. The normalized spacial score (nSPS) is 33.4. The van der Waals surface area contributed by atoms with Crippen molar-refractivity contribution < 1.29 is 14.2 Å². The predicted molar refractivity (Wildman–Crippen MR) is 87.7 cm³/mol. The maximum atomic E-state index is 6.18. The summed E-state index contributed by atoms with van der Waals surface area (Å²) in [6, 6.07) is 3.87. The number of anilines is 1. The molecule has 0 aromatic carbocycles. The molecule has 0 radical (unpaired) electrons. The Hall–Kier alpha value is -0.970. The Morgan fingerprint density at radius 3 is 2.86 bits per heavy atom. The summed E-state index contributed by atoms with van der Waals surface area (Å²) >= 11 is 2.32. The summed E-state index contributed by atoms with van der Waals surface area (Å²) < 4.78 is 20.9. The minimum absolute atomic E-state index is 0.00195. The number of hydrogen-bond donors (Lipinski definition) is 1. The molecule has 2 saturated heterocycles. The summed E-state index contributed by atoms with van der Waals surface area (Å²) in [6.07, 6.45) is 1.00. The highest BCUT2D eigenvalue weighted by atomic mass is 127. The van der Waals surface area contributed by atoms with Crippen molar-refractivity contribution in [3.05, 3.63) is 24.2 Å². The van der Waals surface area contributed by atoms with Gasteiger partial charge in [-0.2, -0.15) is 5.10 Å². The highest BCUT2D eigenvalue weighted by Gasteiger charge is 2.55. The Bertz CT molecular complexity index is 719. The predicted octanol–water partition coefficient (Wildman–Crippen LogP) is 1.71. The average Bonchev–Trinajstić information content (AvgIpc) is 3.10. The third kappa shape index (κ3) is 2.12.